The molecular weight excluding hydrogens is 318 g/mol. The number of thiazole rings is 1. The average Bonchev–Trinajstić information content (AvgIpc) is 2.89. The third-order valence-electron chi connectivity index (χ3n) is 3.23. The Bertz CT molecular complexity index is 926. The van der Waals surface area contributed by atoms with Crippen LogP contribution in [0.1, 0.15) is 16.1 Å². The fourth-order valence-electron chi connectivity index (χ4n) is 2.15. The molecule has 0 saturated heterocycles. The van der Waals surface area contributed by atoms with Crippen LogP contribution < -0.4 is 4.80 Å². The van der Waals surface area contributed by atoms with Gasteiger partial charge in [0.2, 0.25) is 0 Å². The maximum atomic E-state index is 13.2. The molecule has 23 heavy (non-hydrogen) atoms. The largest absolute Gasteiger partial charge is 0.290 e. The molecule has 3 aromatic rings. The minimum absolute atomic E-state index is 0.182. The van der Waals surface area contributed by atoms with E-state index < -0.39 is 11.7 Å². The van der Waals surface area contributed by atoms with Crippen LogP contribution in [0.15, 0.2) is 58.9 Å². The zero-order valence-corrected chi connectivity index (χ0v) is 13.0. The first-order chi connectivity index (χ1) is 11.0. The molecule has 0 saturated carbocycles. The van der Waals surface area contributed by atoms with Crippen LogP contribution in [0.2, 0.25) is 0 Å². The number of halogens is 2. The summed E-state index contributed by atoms with van der Waals surface area (Å²) in [6.07, 6.45) is 0. The van der Waals surface area contributed by atoms with E-state index >= 15 is 0 Å². The molecule has 0 spiro atoms. The Labute approximate surface area is 135 Å². The summed E-state index contributed by atoms with van der Waals surface area (Å²) in [6, 6.07) is 11.3. The first kappa shape index (κ1) is 15.3. The Kier molecular flexibility index (Phi) is 4.16. The minimum atomic E-state index is -0.526. The molecule has 6 heteroatoms. The zero-order valence-electron chi connectivity index (χ0n) is 12.2. The molecule has 3 rings (SSSR count). The van der Waals surface area contributed by atoms with Gasteiger partial charge in [0.05, 0.1) is 0 Å². The molecule has 0 aliphatic rings. The number of carbonyl (C=O) groups excluding carboxylic acids is 1. The van der Waals surface area contributed by atoms with Crippen LogP contribution in [0.25, 0.3) is 5.69 Å². The second kappa shape index (κ2) is 6.26. The van der Waals surface area contributed by atoms with Crippen molar-refractivity contribution in [1.82, 2.24) is 4.57 Å². The van der Waals surface area contributed by atoms with Gasteiger partial charge in [0.15, 0.2) is 4.80 Å². The second-order valence-corrected chi connectivity index (χ2v) is 5.74. The number of aryl methyl sites for hydroxylation is 1. The number of carbonyl (C=O) groups is 1. The summed E-state index contributed by atoms with van der Waals surface area (Å²) in [5.41, 5.74) is 1.75. The SMILES string of the molecule is Cc1csc(=NC(=O)c2cccc(F)c2)n1-c1ccc(F)cc1. The van der Waals surface area contributed by atoms with Crippen LogP contribution in [-0.4, -0.2) is 10.5 Å². The monoisotopic (exact) mass is 330 g/mol. The molecular formula is C17H12F2N2OS. The van der Waals surface area contributed by atoms with Gasteiger partial charge >= 0.3 is 0 Å². The van der Waals surface area contributed by atoms with Crippen molar-refractivity contribution in [2.75, 3.05) is 0 Å². The fourth-order valence-corrected chi connectivity index (χ4v) is 3.02. The highest BCUT2D eigenvalue weighted by Crippen LogP contribution is 2.12. The average molecular weight is 330 g/mol. The Hall–Kier alpha value is -2.60. The normalized spacial score (nSPS) is 11.7. The van der Waals surface area contributed by atoms with Crippen LogP contribution in [0, 0.1) is 18.6 Å². The Morgan fingerprint density at radius 3 is 2.52 bits per heavy atom. The molecule has 0 unspecified atom stereocenters. The van der Waals surface area contributed by atoms with Crippen LogP contribution in [-0.2, 0) is 0 Å². The lowest BCUT2D eigenvalue weighted by Gasteiger charge is -2.05. The molecule has 2 aromatic carbocycles. The zero-order chi connectivity index (χ0) is 16.4. The molecule has 0 aliphatic carbocycles. The van der Waals surface area contributed by atoms with Crippen molar-refractivity contribution in [2.45, 2.75) is 6.92 Å². The molecule has 1 aromatic heterocycles. The van der Waals surface area contributed by atoms with Crippen LogP contribution in [0.3, 0.4) is 0 Å². The van der Waals surface area contributed by atoms with Crippen molar-refractivity contribution < 1.29 is 13.6 Å². The van der Waals surface area contributed by atoms with E-state index in [-0.39, 0.29) is 11.4 Å². The van der Waals surface area contributed by atoms with E-state index in [2.05, 4.69) is 4.99 Å². The van der Waals surface area contributed by atoms with Crippen LogP contribution >= 0.6 is 11.3 Å². The second-order valence-electron chi connectivity index (χ2n) is 4.90. The highest BCUT2D eigenvalue weighted by molar-refractivity contribution is 7.07. The van der Waals surface area contributed by atoms with Crippen molar-refractivity contribution in [3.8, 4) is 5.69 Å². The van der Waals surface area contributed by atoms with Gasteiger partial charge in [-0.05, 0) is 49.4 Å². The van der Waals surface area contributed by atoms with Gasteiger partial charge < -0.3 is 0 Å². The van der Waals surface area contributed by atoms with Gasteiger partial charge in [-0.25, -0.2) is 8.78 Å². The van der Waals surface area contributed by atoms with E-state index in [0.29, 0.717) is 10.5 Å². The molecule has 1 amide bonds. The lowest BCUT2D eigenvalue weighted by Crippen LogP contribution is -2.16. The lowest BCUT2D eigenvalue weighted by molar-refractivity contribution is 0.0997. The van der Waals surface area contributed by atoms with Gasteiger partial charge in [-0.3, -0.25) is 9.36 Å². The van der Waals surface area contributed by atoms with Gasteiger partial charge in [0.25, 0.3) is 5.91 Å². The van der Waals surface area contributed by atoms with E-state index in [9.17, 15) is 13.6 Å². The highest BCUT2D eigenvalue weighted by atomic mass is 32.1. The molecule has 116 valence electrons. The van der Waals surface area contributed by atoms with Crippen molar-refractivity contribution in [3.63, 3.8) is 0 Å². The summed E-state index contributed by atoms with van der Waals surface area (Å²) in [5, 5.41) is 1.85. The number of aromatic nitrogens is 1. The number of nitrogens with zero attached hydrogens (tertiary/aromatic N) is 2. The predicted octanol–water partition coefficient (Wildman–Crippen LogP) is 3.87. The first-order valence-corrected chi connectivity index (χ1v) is 7.70. The maximum absolute atomic E-state index is 13.2. The topological polar surface area (TPSA) is 34.4 Å². The van der Waals surface area contributed by atoms with Gasteiger partial charge in [-0.15, -0.1) is 11.3 Å². The third kappa shape index (κ3) is 3.27. The summed E-state index contributed by atoms with van der Waals surface area (Å²) < 4.78 is 28.1. The van der Waals surface area contributed by atoms with Crippen LogP contribution in [0.5, 0.6) is 0 Å². The molecule has 0 bridgehead atoms. The highest BCUT2D eigenvalue weighted by Gasteiger charge is 2.09. The van der Waals surface area contributed by atoms with Crippen LogP contribution in [0.4, 0.5) is 8.78 Å². The van der Waals surface area contributed by atoms with E-state index in [0.717, 1.165) is 11.8 Å². The summed E-state index contributed by atoms with van der Waals surface area (Å²) in [6.45, 7) is 1.87. The Balaban J connectivity index is 2.07. The lowest BCUT2D eigenvalue weighted by atomic mass is 10.2. The Morgan fingerprint density at radius 1 is 1.09 bits per heavy atom. The quantitative estimate of drug-likeness (QED) is 0.702. The fraction of sp³-hybridized carbons (Fsp3) is 0.0588. The van der Waals surface area contributed by atoms with Gasteiger partial charge in [0, 0.05) is 22.3 Å². The first-order valence-electron chi connectivity index (χ1n) is 6.82. The number of hydrogen-bond donors (Lipinski definition) is 0. The number of benzene rings is 2. The van der Waals surface area contributed by atoms with Crippen molar-refractivity contribution in [3.05, 3.63) is 81.6 Å². The Morgan fingerprint density at radius 2 is 1.83 bits per heavy atom. The van der Waals surface area contributed by atoms with Gasteiger partial charge in [-0.1, -0.05) is 6.07 Å². The van der Waals surface area contributed by atoms with Crippen molar-refractivity contribution >= 4 is 17.2 Å². The molecule has 0 N–H and O–H groups in total. The van der Waals surface area contributed by atoms with E-state index in [1.165, 1.54) is 41.7 Å². The van der Waals surface area contributed by atoms with Crippen molar-refractivity contribution in [2.24, 2.45) is 4.99 Å². The van der Waals surface area contributed by atoms with E-state index in [4.69, 9.17) is 0 Å². The van der Waals surface area contributed by atoms with Crippen molar-refractivity contribution in [1.29, 1.82) is 0 Å². The summed E-state index contributed by atoms with van der Waals surface area (Å²) in [7, 11) is 0. The predicted molar refractivity (Wildman–Crippen MR) is 84.6 cm³/mol. The smallest absolute Gasteiger partial charge is 0.279 e. The number of hydrogen-bond acceptors (Lipinski definition) is 2. The third-order valence-corrected chi connectivity index (χ3v) is 4.18. The summed E-state index contributed by atoms with van der Waals surface area (Å²) >= 11 is 1.29. The number of amides is 1. The standard InChI is InChI=1S/C17H12F2N2OS/c1-11-10-23-17(21(11)15-7-5-13(18)6-8-15)20-16(22)12-3-2-4-14(19)9-12/h2-10H,1H3. The maximum Gasteiger partial charge on any atom is 0.279 e. The molecule has 0 aliphatic heterocycles. The number of rotatable bonds is 2. The minimum Gasteiger partial charge on any atom is -0.290 e. The summed E-state index contributed by atoms with van der Waals surface area (Å²) in [4.78, 5) is 16.7. The van der Waals surface area contributed by atoms with Gasteiger partial charge in [-0.2, -0.15) is 4.99 Å². The van der Waals surface area contributed by atoms with E-state index in [1.54, 1.807) is 16.7 Å². The molecule has 0 fully saturated rings. The summed E-state index contributed by atoms with van der Waals surface area (Å²) in [5.74, 6) is -1.35. The van der Waals surface area contributed by atoms with E-state index in [1.807, 2.05) is 12.3 Å². The molecule has 0 radical (unpaired) electrons. The van der Waals surface area contributed by atoms with Gasteiger partial charge in [0.1, 0.15) is 11.6 Å². The molecule has 1 heterocycles. The molecule has 0 atom stereocenters. The molecule has 3 nitrogen and oxygen atoms in total.